The minimum Gasteiger partial charge on any atom is -0.480 e. The molecule has 0 aliphatic carbocycles. The summed E-state index contributed by atoms with van der Waals surface area (Å²) in [5.41, 5.74) is 0.300. The van der Waals surface area contributed by atoms with Gasteiger partial charge in [-0.3, -0.25) is 4.98 Å². The Kier molecular flexibility index (Phi) is 5.76. The summed E-state index contributed by atoms with van der Waals surface area (Å²) < 4.78 is 10.6. The number of rotatable bonds is 4. The first kappa shape index (κ1) is 17.5. The summed E-state index contributed by atoms with van der Waals surface area (Å²) in [6.07, 6.45) is 4.97. The van der Waals surface area contributed by atoms with Gasteiger partial charge in [0.2, 0.25) is 5.88 Å². The maximum Gasteiger partial charge on any atom is 0.410 e. The highest BCUT2D eigenvalue weighted by atomic mass is 16.6. The lowest BCUT2D eigenvalue weighted by molar-refractivity contribution is 0.0187. The third kappa shape index (κ3) is 5.35. The average Bonchev–Trinajstić information content (AvgIpc) is 2.52. The molecule has 0 saturated carbocycles. The van der Waals surface area contributed by atoms with Crippen LogP contribution in [0, 0.1) is 0 Å². The maximum atomic E-state index is 12.2. The van der Waals surface area contributed by atoms with Gasteiger partial charge < -0.3 is 19.7 Å². The third-order valence-corrected chi connectivity index (χ3v) is 3.56. The van der Waals surface area contributed by atoms with E-state index in [2.05, 4.69) is 15.3 Å². The van der Waals surface area contributed by atoms with E-state index >= 15 is 0 Å². The van der Waals surface area contributed by atoms with Crippen molar-refractivity contribution >= 4 is 6.09 Å². The van der Waals surface area contributed by atoms with Crippen molar-refractivity contribution in [3.63, 3.8) is 0 Å². The van der Waals surface area contributed by atoms with E-state index in [9.17, 15) is 4.79 Å². The molecule has 1 atom stereocenters. The number of hydrogen-bond acceptors (Lipinski definition) is 6. The van der Waals surface area contributed by atoms with E-state index in [0.717, 1.165) is 25.1 Å². The minimum atomic E-state index is -0.468. The van der Waals surface area contributed by atoms with Crippen LogP contribution in [0.2, 0.25) is 0 Å². The molecule has 0 bridgehead atoms. The Hall–Kier alpha value is -1.89. The molecule has 2 heterocycles. The van der Waals surface area contributed by atoms with Crippen LogP contribution in [-0.2, 0) is 11.3 Å². The van der Waals surface area contributed by atoms with Crippen LogP contribution in [0.3, 0.4) is 0 Å². The Labute approximate surface area is 137 Å². The zero-order chi connectivity index (χ0) is 16.9. The van der Waals surface area contributed by atoms with E-state index < -0.39 is 5.60 Å². The predicted molar refractivity (Wildman–Crippen MR) is 86.3 cm³/mol. The molecular weight excluding hydrogens is 296 g/mol. The van der Waals surface area contributed by atoms with E-state index in [1.807, 2.05) is 20.8 Å². The van der Waals surface area contributed by atoms with E-state index in [-0.39, 0.29) is 12.1 Å². The highest BCUT2D eigenvalue weighted by molar-refractivity contribution is 5.68. The van der Waals surface area contributed by atoms with Gasteiger partial charge in [-0.05, 0) is 33.6 Å². The summed E-state index contributed by atoms with van der Waals surface area (Å²) in [5, 5.41) is 3.43. The molecule has 0 spiro atoms. The number of likely N-dealkylation sites (tertiary alicyclic amines) is 1. The molecule has 0 aromatic carbocycles. The zero-order valence-corrected chi connectivity index (χ0v) is 14.3. The topological polar surface area (TPSA) is 76.6 Å². The number of nitrogens with one attached hydrogen (secondary N) is 1. The van der Waals surface area contributed by atoms with E-state index in [4.69, 9.17) is 9.47 Å². The molecule has 1 saturated heterocycles. The lowest BCUT2D eigenvalue weighted by atomic mass is 10.1. The molecule has 2 rings (SSSR count). The molecule has 23 heavy (non-hydrogen) atoms. The quantitative estimate of drug-likeness (QED) is 0.913. The van der Waals surface area contributed by atoms with Crippen LogP contribution in [0.5, 0.6) is 5.88 Å². The van der Waals surface area contributed by atoms with Gasteiger partial charge in [0.1, 0.15) is 11.3 Å². The Morgan fingerprint density at radius 2 is 2.13 bits per heavy atom. The normalized spacial score (nSPS) is 18.6. The van der Waals surface area contributed by atoms with E-state index in [1.54, 1.807) is 24.4 Å². The van der Waals surface area contributed by atoms with Gasteiger partial charge in [0.05, 0.1) is 7.11 Å². The zero-order valence-electron chi connectivity index (χ0n) is 14.3. The Bertz CT molecular complexity index is 530. The van der Waals surface area contributed by atoms with Gasteiger partial charge in [0.15, 0.2) is 0 Å². The van der Waals surface area contributed by atoms with Crippen LogP contribution in [0.1, 0.15) is 39.3 Å². The van der Waals surface area contributed by atoms with Crippen molar-refractivity contribution in [3.05, 3.63) is 18.1 Å². The van der Waals surface area contributed by atoms with Crippen LogP contribution in [-0.4, -0.2) is 52.8 Å². The molecule has 128 valence electrons. The molecule has 1 amide bonds. The Morgan fingerprint density at radius 1 is 1.39 bits per heavy atom. The van der Waals surface area contributed by atoms with E-state index in [0.29, 0.717) is 19.0 Å². The van der Waals surface area contributed by atoms with Crippen LogP contribution >= 0.6 is 0 Å². The second kappa shape index (κ2) is 7.59. The van der Waals surface area contributed by atoms with Crippen LogP contribution in [0.4, 0.5) is 4.79 Å². The number of nitrogens with zero attached hydrogens (tertiary/aromatic N) is 3. The van der Waals surface area contributed by atoms with Crippen molar-refractivity contribution in [1.29, 1.82) is 0 Å². The largest absolute Gasteiger partial charge is 0.480 e. The van der Waals surface area contributed by atoms with Gasteiger partial charge in [0, 0.05) is 38.1 Å². The number of ether oxygens (including phenoxy) is 2. The average molecular weight is 322 g/mol. The molecular formula is C16H26N4O3. The first-order valence-corrected chi connectivity index (χ1v) is 7.94. The van der Waals surface area contributed by atoms with Gasteiger partial charge in [0.25, 0.3) is 0 Å². The van der Waals surface area contributed by atoms with Crippen molar-refractivity contribution in [2.75, 3.05) is 20.2 Å². The lowest BCUT2D eigenvalue weighted by Gasteiger charge is -2.34. The van der Waals surface area contributed by atoms with Crippen molar-refractivity contribution in [2.24, 2.45) is 0 Å². The van der Waals surface area contributed by atoms with Crippen LogP contribution < -0.4 is 10.1 Å². The smallest absolute Gasteiger partial charge is 0.410 e. The van der Waals surface area contributed by atoms with Crippen LogP contribution in [0.25, 0.3) is 0 Å². The maximum absolute atomic E-state index is 12.2. The van der Waals surface area contributed by atoms with E-state index in [1.165, 1.54) is 0 Å². The second-order valence-electron chi connectivity index (χ2n) is 6.66. The standard InChI is InChI=1S/C16H26N4O3/c1-16(2,3)23-15(21)20-9-5-6-12(11-20)19-10-13-14(22-4)18-8-7-17-13/h7-8,12,19H,5-6,9-11H2,1-4H3. The van der Waals surface area contributed by atoms with Gasteiger partial charge in [-0.2, -0.15) is 0 Å². The summed E-state index contributed by atoms with van der Waals surface area (Å²) in [5.74, 6) is 0.528. The molecule has 1 N–H and O–H groups in total. The first-order valence-electron chi connectivity index (χ1n) is 7.94. The number of carbonyl (C=O) groups is 1. The second-order valence-corrected chi connectivity index (χ2v) is 6.66. The summed E-state index contributed by atoms with van der Waals surface area (Å²) in [4.78, 5) is 22.3. The molecule has 1 unspecified atom stereocenters. The summed E-state index contributed by atoms with van der Waals surface area (Å²) in [6, 6.07) is 0.211. The van der Waals surface area contributed by atoms with Crippen molar-refractivity contribution in [2.45, 2.75) is 51.8 Å². The summed E-state index contributed by atoms with van der Waals surface area (Å²) in [7, 11) is 1.58. The first-order chi connectivity index (χ1) is 10.9. The molecule has 1 aliphatic rings. The monoisotopic (exact) mass is 322 g/mol. The molecule has 1 aromatic heterocycles. The van der Waals surface area contributed by atoms with Gasteiger partial charge in [-0.15, -0.1) is 0 Å². The molecule has 7 heteroatoms. The molecule has 1 aliphatic heterocycles. The lowest BCUT2D eigenvalue weighted by Crippen LogP contribution is -2.49. The molecule has 0 radical (unpaired) electrons. The number of hydrogen-bond donors (Lipinski definition) is 1. The van der Waals surface area contributed by atoms with Gasteiger partial charge in [-0.1, -0.05) is 0 Å². The predicted octanol–water partition coefficient (Wildman–Crippen LogP) is 1.97. The number of carbonyl (C=O) groups excluding carboxylic acids is 1. The minimum absolute atomic E-state index is 0.211. The highest BCUT2D eigenvalue weighted by Gasteiger charge is 2.27. The Balaban J connectivity index is 1.88. The number of methoxy groups -OCH3 is 1. The number of piperidine rings is 1. The van der Waals surface area contributed by atoms with Gasteiger partial charge >= 0.3 is 6.09 Å². The summed E-state index contributed by atoms with van der Waals surface area (Å²) >= 11 is 0. The van der Waals surface area contributed by atoms with Crippen LogP contribution in [0.15, 0.2) is 12.4 Å². The molecule has 1 fully saturated rings. The Morgan fingerprint density at radius 3 is 2.83 bits per heavy atom. The van der Waals surface area contributed by atoms with Crippen molar-refractivity contribution in [3.8, 4) is 5.88 Å². The number of aromatic nitrogens is 2. The number of amides is 1. The summed E-state index contributed by atoms with van der Waals surface area (Å²) in [6.45, 7) is 7.57. The fourth-order valence-electron chi connectivity index (χ4n) is 2.52. The van der Waals surface area contributed by atoms with Gasteiger partial charge in [-0.25, -0.2) is 9.78 Å². The highest BCUT2D eigenvalue weighted by Crippen LogP contribution is 2.16. The SMILES string of the molecule is COc1nccnc1CNC1CCCN(C(=O)OC(C)(C)C)C1. The van der Waals surface area contributed by atoms with Crippen molar-refractivity contribution in [1.82, 2.24) is 20.2 Å². The molecule has 1 aromatic rings. The molecule has 7 nitrogen and oxygen atoms in total. The van der Waals surface area contributed by atoms with Crippen molar-refractivity contribution < 1.29 is 14.3 Å². The fraction of sp³-hybridized carbons (Fsp3) is 0.688. The fourth-order valence-corrected chi connectivity index (χ4v) is 2.52. The third-order valence-electron chi connectivity index (χ3n) is 3.56.